The van der Waals surface area contributed by atoms with E-state index >= 15 is 0 Å². The summed E-state index contributed by atoms with van der Waals surface area (Å²) < 4.78 is 28.6. The van der Waals surface area contributed by atoms with Crippen molar-refractivity contribution in [1.82, 2.24) is 4.98 Å². The Morgan fingerprint density at radius 2 is 2.05 bits per heavy atom. The van der Waals surface area contributed by atoms with Crippen molar-refractivity contribution in [2.24, 2.45) is 0 Å². The fraction of sp³-hybridized carbons (Fsp3) is 0.143. The van der Waals surface area contributed by atoms with Crippen LogP contribution in [0.1, 0.15) is 10.4 Å². The van der Waals surface area contributed by atoms with E-state index < -0.39 is 15.8 Å². The molecule has 2 aromatic rings. The largest absolute Gasteiger partial charge is 0.465 e. The Morgan fingerprint density at radius 3 is 2.57 bits per heavy atom. The van der Waals surface area contributed by atoms with Crippen molar-refractivity contribution in [1.29, 1.82) is 0 Å². The van der Waals surface area contributed by atoms with Gasteiger partial charge in [-0.15, -0.1) is 0 Å². The van der Waals surface area contributed by atoms with E-state index in [4.69, 9.17) is 11.6 Å². The number of hydrogen-bond acceptors (Lipinski definition) is 5. The van der Waals surface area contributed by atoms with Gasteiger partial charge >= 0.3 is 5.97 Å². The topological polar surface area (TPSA) is 73.3 Å². The molecular weight excluding hydrogens is 314 g/mol. The minimum Gasteiger partial charge on any atom is -0.465 e. The van der Waals surface area contributed by atoms with E-state index in [1.165, 1.54) is 25.4 Å². The summed E-state index contributed by atoms with van der Waals surface area (Å²) in [6, 6.07) is 6.06. The van der Waals surface area contributed by atoms with Crippen molar-refractivity contribution in [3.63, 3.8) is 0 Å². The Kier molecular flexibility index (Phi) is 4.29. The van der Waals surface area contributed by atoms with Crippen LogP contribution in [0.3, 0.4) is 0 Å². The van der Waals surface area contributed by atoms with E-state index in [2.05, 4.69) is 9.72 Å². The summed E-state index contributed by atoms with van der Waals surface area (Å²) in [5.74, 6) is -0.692. The summed E-state index contributed by atoms with van der Waals surface area (Å²) >= 11 is 6.06. The molecule has 0 bridgehead atoms. The molecule has 110 valence electrons. The molecule has 0 aliphatic rings. The number of sulfone groups is 1. The Bertz CT molecular complexity index is 788. The summed E-state index contributed by atoms with van der Waals surface area (Å²) in [5.41, 5.74) is 0.992. The van der Waals surface area contributed by atoms with Crippen LogP contribution >= 0.6 is 11.6 Å². The van der Waals surface area contributed by atoms with Crippen LogP contribution in [0.4, 0.5) is 0 Å². The molecule has 1 heterocycles. The van der Waals surface area contributed by atoms with Crippen LogP contribution in [0.25, 0.3) is 11.1 Å². The van der Waals surface area contributed by atoms with Crippen LogP contribution in [0.2, 0.25) is 5.02 Å². The number of nitrogens with zero attached hydrogens (tertiary/aromatic N) is 1. The van der Waals surface area contributed by atoms with Crippen molar-refractivity contribution in [2.45, 2.75) is 4.90 Å². The highest BCUT2D eigenvalue weighted by Gasteiger charge is 2.21. The average Bonchev–Trinajstić information content (AvgIpc) is 2.46. The Morgan fingerprint density at radius 1 is 1.33 bits per heavy atom. The number of halogens is 1. The molecule has 21 heavy (non-hydrogen) atoms. The van der Waals surface area contributed by atoms with E-state index in [9.17, 15) is 13.2 Å². The number of aromatic nitrogens is 1. The number of rotatable bonds is 3. The minimum absolute atomic E-state index is 0.000278. The highest BCUT2D eigenvalue weighted by molar-refractivity contribution is 7.90. The van der Waals surface area contributed by atoms with Crippen LogP contribution in [-0.2, 0) is 14.6 Å². The van der Waals surface area contributed by atoms with Gasteiger partial charge in [0.05, 0.1) is 22.6 Å². The Balaban J connectivity index is 2.77. The number of pyridine rings is 1. The number of ether oxygens (including phenoxy) is 1. The normalized spacial score (nSPS) is 11.2. The van der Waals surface area contributed by atoms with Gasteiger partial charge in [-0.1, -0.05) is 17.7 Å². The van der Waals surface area contributed by atoms with Crippen LogP contribution in [0.15, 0.2) is 41.6 Å². The predicted molar refractivity (Wildman–Crippen MR) is 79.1 cm³/mol. The molecule has 0 unspecified atom stereocenters. The van der Waals surface area contributed by atoms with Crippen LogP contribution < -0.4 is 0 Å². The third kappa shape index (κ3) is 3.22. The number of benzene rings is 1. The highest BCUT2D eigenvalue weighted by atomic mass is 35.5. The first kappa shape index (κ1) is 15.5. The lowest BCUT2D eigenvalue weighted by molar-refractivity contribution is 0.0600. The molecule has 7 heteroatoms. The predicted octanol–water partition coefficient (Wildman–Crippen LogP) is 2.59. The first-order valence-corrected chi connectivity index (χ1v) is 8.14. The molecular formula is C14H12ClNO4S. The molecule has 1 aromatic carbocycles. The zero-order valence-corrected chi connectivity index (χ0v) is 12.9. The standard InChI is InChI=1S/C14H12ClNO4S/c1-20-14(17)11-7-13(21(2,18)19)10(6-12(11)15)9-4-3-5-16-8-9/h3-8H,1-2H3. The lowest BCUT2D eigenvalue weighted by Crippen LogP contribution is -2.07. The maximum Gasteiger partial charge on any atom is 0.339 e. The summed E-state index contributed by atoms with van der Waals surface area (Å²) in [6.07, 6.45) is 4.17. The second kappa shape index (κ2) is 5.83. The van der Waals surface area contributed by atoms with Crippen molar-refractivity contribution < 1.29 is 17.9 Å². The van der Waals surface area contributed by atoms with Gasteiger partial charge in [-0.3, -0.25) is 4.98 Å². The Labute approximate surface area is 127 Å². The maximum atomic E-state index is 12.0. The smallest absolute Gasteiger partial charge is 0.339 e. The Hall–Kier alpha value is -1.92. The van der Waals surface area contributed by atoms with Crippen molar-refractivity contribution in [3.05, 3.63) is 47.2 Å². The van der Waals surface area contributed by atoms with Crippen molar-refractivity contribution >= 4 is 27.4 Å². The average molecular weight is 326 g/mol. The summed E-state index contributed by atoms with van der Waals surface area (Å²) in [6.45, 7) is 0. The quantitative estimate of drug-likeness (QED) is 0.811. The zero-order valence-electron chi connectivity index (χ0n) is 11.3. The molecule has 0 atom stereocenters. The zero-order chi connectivity index (χ0) is 15.6. The van der Waals surface area contributed by atoms with Gasteiger partial charge in [-0.2, -0.15) is 0 Å². The summed E-state index contributed by atoms with van der Waals surface area (Å²) in [7, 11) is -2.35. The van der Waals surface area contributed by atoms with E-state index in [-0.39, 0.29) is 15.5 Å². The van der Waals surface area contributed by atoms with Gasteiger partial charge in [0.2, 0.25) is 0 Å². The second-order valence-corrected chi connectivity index (χ2v) is 6.73. The van der Waals surface area contributed by atoms with Crippen LogP contribution in [-0.4, -0.2) is 32.7 Å². The number of esters is 1. The molecule has 5 nitrogen and oxygen atoms in total. The SMILES string of the molecule is COC(=O)c1cc(S(C)(=O)=O)c(-c2cccnc2)cc1Cl. The van der Waals surface area contributed by atoms with Gasteiger partial charge in [0.1, 0.15) is 0 Å². The molecule has 0 N–H and O–H groups in total. The van der Waals surface area contributed by atoms with E-state index in [0.29, 0.717) is 11.1 Å². The first-order chi connectivity index (χ1) is 9.84. The van der Waals surface area contributed by atoms with Crippen LogP contribution in [0, 0.1) is 0 Å². The van der Waals surface area contributed by atoms with Crippen molar-refractivity contribution in [2.75, 3.05) is 13.4 Å². The molecule has 0 saturated carbocycles. The molecule has 1 aromatic heterocycles. The minimum atomic E-state index is -3.56. The first-order valence-electron chi connectivity index (χ1n) is 5.87. The summed E-state index contributed by atoms with van der Waals surface area (Å²) in [4.78, 5) is 15.6. The van der Waals surface area contributed by atoms with E-state index in [1.807, 2.05) is 0 Å². The third-order valence-electron chi connectivity index (χ3n) is 2.85. The maximum absolute atomic E-state index is 12.0. The van der Waals surface area contributed by atoms with Gasteiger partial charge in [0, 0.05) is 29.8 Å². The molecule has 2 rings (SSSR count). The molecule has 0 saturated heterocycles. The van der Waals surface area contributed by atoms with E-state index in [0.717, 1.165) is 6.26 Å². The molecule has 0 fully saturated rings. The molecule has 0 aliphatic heterocycles. The van der Waals surface area contributed by atoms with Gasteiger partial charge in [-0.05, 0) is 18.2 Å². The van der Waals surface area contributed by atoms with Gasteiger partial charge in [0.15, 0.2) is 9.84 Å². The number of hydrogen-bond donors (Lipinski definition) is 0. The number of carbonyl (C=O) groups excluding carboxylic acids is 1. The molecule has 0 radical (unpaired) electrons. The fourth-order valence-corrected chi connectivity index (χ4v) is 3.02. The summed E-state index contributed by atoms with van der Waals surface area (Å²) in [5, 5.41) is 0.119. The van der Waals surface area contributed by atoms with Crippen molar-refractivity contribution in [3.8, 4) is 11.1 Å². The lowest BCUT2D eigenvalue weighted by atomic mass is 10.1. The number of methoxy groups -OCH3 is 1. The molecule has 0 aliphatic carbocycles. The molecule has 0 spiro atoms. The van der Waals surface area contributed by atoms with Gasteiger partial charge < -0.3 is 4.74 Å². The third-order valence-corrected chi connectivity index (χ3v) is 4.30. The van der Waals surface area contributed by atoms with E-state index in [1.54, 1.807) is 18.3 Å². The second-order valence-electron chi connectivity index (χ2n) is 4.33. The monoisotopic (exact) mass is 325 g/mol. The highest BCUT2D eigenvalue weighted by Crippen LogP contribution is 2.32. The number of carbonyl (C=O) groups is 1. The lowest BCUT2D eigenvalue weighted by Gasteiger charge is -2.11. The fourth-order valence-electron chi connectivity index (χ4n) is 1.87. The van der Waals surface area contributed by atoms with Gasteiger partial charge in [-0.25, -0.2) is 13.2 Å². The van der Waals surface area contributed by atoms with Gasteiger partial charge in [0.25, 0.3) is 0 Å². The molecule has 0 amide bonds. The van der Waals surface area contributed by atoms with Crippen LogP contribution in [0.5, 0.6) is 0 Å².